The molecule has 3 aromatic rings. The maximum Gasteiger partial charge on any atom is 0.161 e. The summed E-state index contributed by atoms with van der Waals surface area (Å²) in [6.45, 7) is 1.15. The van der Waals surface area contributed by atoms with Gasteiger partial charge in [0, 0.05) is 0 Å². The number of hydrogen-bond acceptors (Lipinski definition) is 6. The number of benzene rings is 3. The molecule has 0 N–H and O–H groups in total. The van der Waals surface area contributed by atoms with Gasteiger partial charge in [-0.05, 0) is 84.3 Å². The van der Waals surface area contributed by atoms with Crippen molar-refractivity contribution in [2.45, 2.75) is 25.7 Å². The van der Waals surface area contributed by atoms with E-state index in [1.54, 1.807) is 28.4 Å². The van der Waals surface area contributed by atoms with Gasteiger partial charge in [-0.3, -0.25) is 0 Å². The molecule has 0 saturated carbocycles. The first-order chi connectivity index (χ1) is 16.6. The van der Waals surface area contributed by atoms with E-state index >= 15 is 0 Å². The molecule has 0 atom stereocenters. The summed E-state index contributed by atoms with van der Waals surface area (Å²) >= 11 is 0. The van der Waals surface area contributed by atoms with Crippen LogP contribution in [0.5, 0.6) is 34.5 Å². The van der Waals surface area contributed by atoms with E-state index in [1.807, 2.05) is 24.3 Å². The molecular formula is C28H32O6. The SMILES string of the molecule is COc1ccc(CCc2cc3c(cc2CCc2ccc(OC)c(OC)c2)OCCO3)cc1OC. The van der Waals surface area contributed by atoms with Crippen molar-refractivity contribution < 1.29 is 28.4 Å². The van der Waals surface area contributed by atoms with Gasteiger partial charge in [0.25, 0.3) is 0 Å². The second-order valence-corrected chi connectivity index (χ2v) is 8.14. The van der Waals surface area contributed by atoms with Crippen LogP contribution in [-0.2, 0) is 25.7 Å². The third-order valence-electron chi connectivity index (χ3n) is 6.13. The Hall–Kier alpha value is -3.54. The number of ether oxygens (including phenoxy) is 6. The summed E-state index contributed by atoms with van der Waals surface area (Å²) in [5.74, 6) is 4.61. The zero-order chi connectivity index (χ0) is 23.9. The summed E-state index contributed by atoms with van der Waals surface area (Å²) in [4.78, 5) is 0. The summed E-state index contributed by atoms with van der Waals surface area (Å²) in [7, 11) is 6.62. The van der Waals surface area contributed by atoms with Crippen LogP contribution in [0.4, 0.5) is 0 Å². The minimum Gasteiger partial charge on any atom is -0.493 e. The van der Waals surface area contributed by atoms with Crippen LogP contribution < -0.4 is 28.4 Å². The number of methoxy groups -OCH3 is 4. The van der Waals surface area contributed by atoms with Gasteiger partial charge in [0.1, 0.15) is 13.2 Å². The highest BCUT2D eigenvalue weighted by Gasteiger charge is 2.17. The standard InChI is InChI=1S/C28H32O6/c1-29-23-11-7-19(15-25(23)31-3)5-9-21-17-27-28(34-14-13-33-27)18-22(21)10-6-20-8-12-24(30-2)26(16-20)32-4/h7-8,11-12,15-18H,5-6,9-10,13-14H2,1-4H3. The predicted molar refractivity (Wildman–Crippen MR) is 131 cm³/mol. The average Bonchev–Trinajstić information content (AvgIpc) is 2.89. The Morgan fingerprint density at radius 2 is 0.941 bits per heavy atom. The van der Waals surface area contributed by atoms with Crippen LogP contribution in [0.25, 0.3) is 0 Å². The molecule has 34 heavy (non-hydrogen) atoms. The van der Waals surface area contributed by atoms with Crippen molar-refractivity contribution in [3.8, 4) is 34.5 Å². The molecule has 3 aromatic carbocycles. The van der Waals surface area contributed by atoms with Crippen LogP contribution in [-0.4, -0.2) is 41.7 Å². The first-order valence-corrected chi connectivity index (χ1v) is 11.5. The highest BCUT2D eigenvalue weighted by Crippen LogP contribution is 2.35. The Morgan fingerprint density at radius 1 is 0.529 bits per heavy atom. The van der Waals surface area contributed by atoms with Crippen LogP contribution in [0.2, 0.25) is 0 Å². The molecule has 1 aliphatic rings. The van der Waals surface area contributed by atoms with E-state index in [9.17, 15) is 0 Å². The van der Waals surface area contributed by atoms with Gasteiger partial charge in [-0.1, -0.05) is 12.1 Å². The third-order valence-corrected chi connectivity index (χ3v) is 6.13. The monoisotopic (exact) mass is 464 g/mol. The Labute approximate surface area is 201 Å². The predicted octanol–water partition coefficient (Wildman–Crippen LogP) is 5.06. The molecule has 0 aromatic heterocycles. The van der Waals surface area contributed by atoms with Crippen molar-refractivity contribution in [3.05, 3.63) is 70.8 Å². The molecular weight excluding hydrogens is 432 g/mol. The largest absolute Gasteiger partial charge is 0.493 e. The lowest BCUT2D eigenvalue weighted by Crippen LogP contribution is -2.16. The van der Waals surface area contributed by atoms with E-state index in [-0.39, 0.29) is 0 Å². The first kappa shape index (κ1) is 23.6. The quantitative estimate of drug-likeness (QED) is 0.418. The normalized spacial score (nSPS) is 12.2. The van der Waals surface area contributed by atoms with E-state index in [1.165, 1.54) is 22.3 Å². The highest BCUT2D eigenvalue weighted by molar-refractivity contribution is 5.50. The minimum absolute atomic E-state index is 0.576. The highest BCUT2D eigenvalue weighted by atomic mass is 16.6. The molecule has 0 amide bonds. The smallest absolute Gasteiger partial charge is 0.161 e. The van der Waals surface area contributed by atoms with Gasteiger partial charge in [-0.2, -0.15) is 0 Å². The van der Waals surface area contributed by atoms with Gasteiger partial charge < -0.3 is 28.4 Å². The first-order valence-electron chi connectivity index (χ1n) is 11.5. The van der Waals surface area contributed by atoms with Gasteiger partial charge in [-0.25, -0.2) is 0 Å². The van der Waals surface area contributed by atoms with E-state index < -0.39 is 0 Å². The Bertz CT molecular complexity index is 1040. The van der Waals surface area contributed by atoms with E-state index in [2.05, 4.69) is 24.3 Å². The fraction of sp³-hybridized carbons (Fsp3) is 0.357. The van der Waals surface area contributed by atoms with Crippen LogP contribution in [0.3, 0.4) is 0 Å². The summed E-state index contributed by atoms with van der Waals surface area (Å²) in [6.07, 6.45) is 3.52. The molecule has 0 saturated heterocycles. The van der Waals surface area contributed by atoms with Crippen LogP contribution in [0.1, 0.15) is 22.3 Å². The lowest BCUT2D eigenvalue weighted by molar-refractivity contribution is 0.171. The molecule has 180 valence electrons. The van der Waals surface area contributed by atoms with Crippen molar-refractivity contribution in [1.29, 1.82) is 0 Å². The maximum atomic E-state index is 5.86. The summed E-state index contributed by atoms with van der Waals surface area (Å²) in [5.41, 5.74) is 4.91. The van der Waals surface area contributed by atoms with E-state index in [0.717, 1.165) is 60.2 Å². The molecule has 0 bridgehead atoms. The summed E-state index contributed by atoms with van der Waals surface area (Å²) in [5, 5.41) is 0. The number of fused-ring (bicyclic) bond motifs is 1. The molecule has 1 aliphatic heterocycles. The van der Waals surface area contributed by atoms with Gasteiger partial charge in [0.15, 0.2) is 34.5 Å². The van der Waals surface area contributed by atoms with Gasteiger partial charge in [0.05, 0.1) is 28.4 Å². The van der Waals surface area contributed by atoms with Crippen molar-refractivity contribution in [1.82, 2.24) is 0 Å². The fourth-order valence-corrected chi connectivity index (χ4v) is 4.27. The van der Waals surface area contributed by atoms with Gasteiger partial charge in [-0.15, -0.1) is 0 Å². The summed E-state index contributed by atoms with van der Waals surface area (Å²) < 4.78 is 33.4. The zero-order valence-electron chi connectivity index (χ0n) is 20.3. The molecule has 0 radical (unpaired) electrons. The Kier molecular flexibility index (Phi) is 7.68. The zero-order valence-corrected chi connectivity index (χ0v) is 20.3. The lowest BCUT2D eigenvalue weighted by atomic mass is 9.94. The fourth-order valence-electron chi connectivity index (χ4n) is 4.27. The van der Waals surface area contributed by atoms with Crippen molar-refractivity contribution >= 4 is 0 Å². The topological polar surface area (TPSA) is 55.4 Å². The molecule has 1 heterocycles. The number of hydrogen-bond donors (Lipinski definition) is 0. The van der Waals surface area contributed by atoms with Crippen molar-refractivity contribution in [2.75, 3.05) is 41.7 Å². The second kappa shape index (κ2) is 11.1. The van der Waals surface area contributed by atoms with Crippen molar-refractivity contribution in [2.24, 2.45) is 0 Å². The minimum atomic E-state index is 0.576. The third kappa shape index (κ3) is 5.33. The molecule has 4 rings (SSSR count). The van der Waals surface area contributed by atoms with Crippen LogP contribution in [0.15, 0.2) is 48.5 Å². The van der Waals surface area contributed by atoms with E-state index in [4.69, 9.17) is 28.4 Å². The lowest BCUT2D eigenvalue weighted by Gasteiger charge is -2.21. The Morgan fingerprint density at radius 3 is 1.32 bits per heavy atom. The van der Waals surface area contributed by atoms with Crippen molar-refractivity contribution in [3.63, 3.8) is 0 Å². The second-order valence-electron chi connectivity index (χ2n) is 8.14. The average molecular weight is 465 g/mol. The molecule has 0 aliphatic carbocycles. The number of aryl methyl sites for hydroxylation is 4. The Balaban J connectivity index is 1.55. The molecule has 6 nitrogen and oxygen atoms in total. The van der Waals surface area contributed by atoms with E-state index in [0.29, 0.717) is 13.2 Å². The molecule has 6 heteroatoms. The molecule has 0 spiro atoms. The maximum absolute atomic E-state index is 5.86. The summed E-state index contributed by atoms with van der Waals surface area (Å²) in [6, 6.07) is 16.4. The molecule has 0 unspecified atom stereocenters. The van der Waals surface area contributed by atoms with Crippen LogP contribution in [0, 0.1) is 0 Å². The van der Waals surface area contributed by atoms with Gasteiger partial charge >= 0.3 is 0 Å². The number of rotatable bonds is 10. The van der Waals surface area contributed by atoms with Gasteiger partial charge in [0.2, 0.25) is 0 Å². The van der Waals surface area contributed by atoms with Crippen LogP contribution >= 0.6 is 0 Å². The molecule has 0 fully saturated rings.